The Kier molecular flexibility index (Phi) is 5.27. The highest BCUT2D eigenvalue weighted by Crippen LogP contribution is 2.35. The van der Waals surface area contributed by atoms with Crippen molar-refractivity contribution in [3.63, 3.8) is 0 Å². The Morgan fingerprint density at radius 1 is 1.04 bits per heavy atom. The number of rotatable bonds is 7. The van der Waals surface area contributed by atoms with E-state index >= 15 is 0 Å². The van der Waals surface area contributed by atoms with E-state index in [4.69, 9.17) is 9.47 Å². The molecule has 3 rings (SSSR count). The standard InChI is InChI=1S/C19H22N2O5S/c1-25-17-11-4-13(12-18(17)26-2)19(22)21(16-9-10-16)15-7-5-14(6-8-15)20-27(3,23)24/h4-8,11-12,16,20H,9-10H2,1-3H3. The molecule has 0 radical (unpaired) electrons. The van der Waals surface area contributed by atoms with Gasteiger partial charge >= 0.3 is 0 Å². The number of amides is 1. The van der Waals surface area contributed by atoms with Gasteiger partial charge in [0.05, 0.1) is 20.5 Å². The third-order valence-corrected chi connectivity index (χ3v) is 4.82. The van der Waals surface area contributed by atoms with Gasteiger partial charge < -0.3 is 14.4 Å². The van der Waals surface area contributed by atoms with E-state index in [1.54, 1.807) is 54.5 Å². The Labute approximate surface area is 158 Å². The van der Waals surface area contributed by atoms with Crippen LogP contribution in [0.25, 0.3) is 0 Å². The minimum Gasteiger partial charge on any atom is -0.493 e. The molecule has 0 aliphatic heterocycles. The van der Waals surface area contributed by atoms with E-state index in [1.807, 2.05) is 0 Å². The average Bonchev–Trinajstić information content (AvgIpc) is 3.46. The third kappa shape index (κ3) is 4.51. The molecule has 1 aliphatic rings. The number of ether oxygens (including phenoxy) is 2. The number of sulfonamides is 1. The number of benzene rings is 2. The molecule has 7 nitrogen and oxygen atoms in total. The van der Waals surface area contributed by atoms with Gasteiger partial charge in [0.25, 0.3) is 5.91 Å². The highest BCUT2D eigenvalue weighted by molar-refractivity contribution is 7.92. The van der Waals surface area contributed by atoms with Crippen molar-refractivity contribution in [2.75, 3.05) is 30.1 Å². The van der Waals surface area contributed by atoms with Gasteiger partial charge in [-0.1, -0.05) is 0 Å². The van der Waals surface area contributed by atoms with Gasteiger partial charge in [0, 0.05) is 23.0 Å². The lowest BCUT2D eigenvalue weighted by Gasteiger charge is -2.23. The highest BCUT2D eigenvalue weighted by Gasteiger charge is 2.34. The number of carbonyl (C=O) groups is 1. The molecular weight excluding hydrogens is 368 g/mol. The molecule has 27 heavy (non-hydrogen) atoms. The summed E-state index contributed by atoms with van der Waals surface area (Å²) in [5, 5.41) is 0. The van der Waals surface area contributed by atoms with E-state index in [0.29, 0.717) is 22.7 Å². The molecule has 0 saturated heterocycles. The maximum Gasteiger partial charge on any atom is 0.258 e. The predicted molar refractivity (Wildman–Crippen MR) is 104 cm³/mol. The van der Waals surface area contributed by atoms with Crippen LogP contribution < -0.4 is 19.1 Å². The predicted octanol–water partition coefficient (Wildman–Crippen LogP) is 2.88. The molecule has 1 saturated carbocycles. The third-order valence-electron chi connectivity index (χ3n) is 4.21. The van der Waals surface area contributed by atoms with Crippen LogP contribution in [0.4, 0.5) is 11.4 Å². The lowest BCUT2D eigenvalue weighted by atomic mass is 10.1. The van der Waals surface area contributed by atoms with Crippen molar-refractivity contribution in [1.29, 1.82) is 0 Å². The molecule has 0 heterocycles. The lowest BCUT2D eigenvalue weighted by Crippen LogP contribution is -2.33. The zero-order valence-electron chi connectivity index (χ0n) is 15.4. The number of hydrogen-bond acceptors (Lipinski definition) is 5. The van der Waals surface area contributed by atoms with Crippen LogP contribution in [0.5, 0.6) is 11.5 Å². The molecule has 0 bridgehead atoms. The maximum absolute atomic E-state index is 13.1. The molecule has 0 spiro atoms. The zero-order valence-corrected chi connectivity index (χ0v) is 16.2. The first kappa shape index (κ1) is 19.0. The van der Waals surface area contributed by atoms with E-state index in [9.17, 15) is 13.2 Å². The second-order valence-corrected chi connectivity index (χ2v) is 8.15. The van der Waals surface area contributed by atoms with Crippen molar-refractivity contribution < 1.29 is 22.7 Å². The van der Waals surface area contributed by atoms with Crippen LogP contribution >= 0.6 is 0 Å². The summed E-state index contributed by atoms with van der Waals surface area (Å²) in [5.41, 5.74) is 1.67. The first-order valence-corrected chi connectivity index (χ1v) is 10.3. The minimum atomic E-state index is -3.34. The smallest absolute Gasteiger partial charge is 0.258 e. The summed E-state index contributed by atoms with van der Waals surface area (Å²) in [5.74, 6) is 0.914. The van der Waals surface area contributed by atoms with Crippen LogP contribution in [-0.2, 0) is 10.0 Å². The van der Waals surface area contributed by atoms with Crippen molar-refractivity contribution in [3.8, 4) is 11.5 Å². The van der Waals surface area contributed by atoms with E-state index in [0.717, 1.165) is 24.8 Å². The van der Waals surface area contributed by atoms with Crippen LogP contribution in [0.15, 0.2) is 42.5 Å². The molecule has 2 aromatic rings. The number of hydrogen-bond donors (Lipinski definition) is 1. The summed E-state index contributed by atoms with van der Waals surface area (Å²) in [6, 6.07) is 12.0. The molecule has 1 aliphatic carbocycles. The van der Waals surface area contributed by atoms with Gasteiger partial charge in [-0.15, -0.1) is 0 Å². The Hall–Kier alpha value is -2.74. The van der Waals surface area contributed by atoms with E-state index in [-0.39, 0.29) is 11.9 Å². The van der Waals surface area contributed by atoms with E-state index < -0.39 is 10.0 Å². The second-order valence-electron chi connectivity index (χ2n) is 6.40. The van der Waals surface area contributed by atoms with Crippen LogP contribution in [0.2, 0.25) is 0 Å². The van der Waals surface area contributed by atoms with Crippen molar-refractivity contribution in [1.82, 2.24) is 0 Å². The summed E-state index contributed by atoms with van der Waals surface area (Å²) >= 11 is 0. The van der Waals surface area contributed by atoms with Crippen molar-refractivity contribution >= 4 is 27.3 Å². The van der Waals surface area contributed by atoms with Crippen LogP contribution in [0, 0.1) is 0 Å². The van der Waals surface area contributed by atoms with Gasteiger partial charge in [0.2, 0.25) is 10.0 Å². The molecule has 0 atom stereocenters. The Morgan fingerprint density at radius 2 is 1.67 bits per heavy atom. The molecule has 1 fully saturated rings. The summed E-state index contributed by atoms with van der Waals surface area (Å²) in [4.78, 5) is 14.9. The molecule has 8 heteroatoms. The molecule has 2 aromatic carbocycles. The molecule has 144 valence electrons. The van der Waals surface area contributed by atoms with Crippen molar-refractivity contribution in [2.24, 2.45) is 0 Å². The Bertz CT molecular complexity index is 937. The second kappa shape index (κ2) is 7.48. The van der Waals surface area contributed by atoms with Gasteiger partial charge in [0.15, 0.2) is 11.5 Å². The van der Waals surface area contributed by atoms with Crippen LogP contribution in [0.3, 0.4) is 0 Å². The fourth-order valence-electron chi connectivity index (χ4n) is 2.84. The SMILES string of the molecule is COc1ccc(C(=O)N(c2ccc(NS(C)(=O)=O)cc2)C2CC2)cc1OC. The number of anilines is 2. The van der Waals surface area contributed by atoms with Crippen molar-refractivity contribution in [3.05, 3.63) is 48.0 Å². The number of methoxy groups -OCH3 is 2. The van der Waals surface area contributed by atoms with Gasteiger partial charge in [-0.3, -0.25) is 9.52 Å². The monoisotopic (exact) mass is 390 g/mol. The molecule has 0 unspecified atom stereocenters. The first-order chi connectivity index (χ1) is 12.8. The topological polar surface area (TPSA) is 84.9 Å². The fourth-order valence-corrected chi connectivity index (χ4v) is 3.40. The lowest BCUT2D eigenvalue weighted by molar-refractivity contribution is 0.0985. The fraction of sp³-hybridized carbons (Fsp3) is 0.316. The molecule has 0 aromatic heterocycles. The van der Waals surface area contributed by atoms with Gasteiger partial charge in [-0.2, -0.15) is 0 Å². The number of nitrogens with zero attached hydrogens (tertiary/aromatic N) is 1. The zero-order chi connectivity index (χ0) is 19.6. The molecular formula is C19H22N2O5S. The van der Waals surface area contributed by atoms with Crippen LogP contribution in [-0.4, -0.2) is 40.8 Å². The first-order valence-electron chi connectivity index (χ1n) is 8.46. The normalized spacial score (nSPS) is 13.7. The largest absolute Gasteiger partial charge is 0.493 e. The number of carbonyl (C=O) groups excluding carboxylic acids is 1. The maximum atomic E-state index is 13.1. The number of nitrogens with one attached hydrogen (secondary N) is 1. The van der Waals surface area contributed by atoms with Gasteiger partial charge in [-0.25, -0.2) is 8.42 Å². The van der Waals surface area contributed by atoms with Crippen molar-refractivity contribution in [2.45, 2.75) is 18.9 Å². The van der Waals surface area contributed by atoms with E-state index in [1.165, 1.54) is 7.11 Å². The van der Waals surface area contributed by atoms with Gasteiger partial charge in [0.1, 0.15) is 0 Å². The van der Waals surface area contributed by atoms with Crippen LogP contribution in [0.1, 0.15) is 23.2 Å². The molecule has 1 amide bonds. The molecule has 1 N–H and O–H groups in total. The summed E-state index contributed by atoms with van der Waals surface area (Å²) in [6.45, 7) is 0. The highest BCUT2D eigenvalue weighted by atomic mass is 32.2. The summed E-state index contributed by atoms with van der Waals surface area (Å²) < 4.78 is 35.6. The summed E-state index contributed by atoms with van der Waals surface area (Å²) in [6.07, 6.45) is 2.96. The minimum absolute atomic E-state index is 0.137. The Balaban J connectivity index is 1.89. The summed E-state index contributed by atoms with van der Waals surface area (Å²) in [7, 11) is -0.275. The quantitative estimate of drug-likeness (QED) is 0.786. The van der Waals surface area contributed by atoms with Gasteiger partial charge in [-0.05, 0) is 55.3 Å². The Morgan fingerprint density at radius 3 is 2.19 bits per heavy atom. The average molecular weight is 390 g/mol. The van der Waals surface area contributed by atoms with E-state index in [2.05, 4.69) is 4.72 Å².